The molecule has 6 rings (SSSR count). The summed E-state index contributed by atoms with van der Waals surface area (Å²) in [5.41, 5.74) is 7.07. The summed E-state index contributed by atoms with van der Waals surface area (Å²) in [5, 5.41) is 42.4. The molecule has 12 atom stereocenters. The van der Waals surface area contributed by atoms with Crippen LogP contribution in [0.3, 0.4) is 0 Å². The van der Waals surface area contributed by atoms with E-state index in [1.807, 2.05) is 6.07 Å². The third-order valence-corrected chi connectivity index (χ3v) is 11.6. The lowest BCUT2D eigenvalue weighted by molar-refractivity contribution is -0.275. The van der Waals surface area contributed by atoms with Gasteiger partial charge in [-0.1, -0.05) is 25.5 Å². The van der Waals surface area contributed by atoms with Crippen LogP contribution in [-0.2, 0) is 9.47 Å². The Labute approximate surface area is 229 Å². The van der Waals surface area contributed by atoms with Crippen molar-refractivity contribution in [2.75, 3.05) is 6.61 Å². The summed E-state index contributed by atoms with van der Waals surface area (Å²) in [6.07, 6.45) is 6.28. The van der Waals surface area contributed by atoms with Crippen LogP contribution in [-0.4, -0.2) is 69.4 Å². The number of hydrogen-bond acceptors (Lipinski definition) is 9. The van der Waals surface area contributed by atoms with Gasteiger partial charge in [0.15, 0.2) is 6.29 Å². The molecule has 4 unspecified atom stereocenters. The molecule has 0 spiro atoms. The normalized spacial score (nSPS) is 49.5. The van der Waals surface area contributed by atoms with Crippen molar-refractivity contribution >= 4 is 0 Å². The molecule has 1 aliphatic heterocycles. The molecule has 4 fully saturated rings. The molecule has 9 nitrogen and oxygen atoms in total. The maximum Gasteiger partial charge on any atom is 0.335 e. The Morgan fingerprint density at radius 3 is 2.56 bits per heavy atom. The summed E-state index contributed by atoms with van der Waals surface area (Å²) < 4.78 is 17.1. The van der Waals surface area contributed by atoms with Crippen LogP contribution in [0.25, 0.3) is 0 Å². The van der Waals surface area contributed by atoms with E-state index in [1.54, 1.807) is 6.26 Å². The number of rotatable bonds is 4. The lowest BCUT2D eigenvalue weighted by Crippen LogP contribution is -2.63. The monoisotopic (exact) mass is 545 g/mol. The topological polar surface area (TPSA) is 156 Å². The number of nitrogens with two attached hydrogens (primary N) is 1. The Morgan fingerprint density at radius 1 is 1.05 bits per heavy atom. The molecule has 0 bridgehead atoms. The van der Waals surface area contributed by atoms with Crippen molar-refractivity contribution < 1.29 is 34.3 Å². The minimum atomic E-state index is -1.26. The molecule has 9 heteroatoms. The second-order valence-electron chi connectivity index (χ2n) is 13.2. The van der Waals surface area contributed by atoms with Crippen LogP contribution in [0.2, 0.25) is 0 Å². The maximum atomic E-state index is 12.4. The summed E-state index contributed by atoms with van der Waals surface area (Å²) in [7, 11) is 0. The van der Waals surface area contributed by atoms with Crippen LogP contribution in [0.4, 0.5) is 0 Å². The summed E-state index contributed by atoms with van der Waals surface area (Å²) in [5.74, 6) is 0.736. The average molecular weight is 546 g/mol. The zero-order chi connectivity index (χ0) is 27.7. The van der Waals surface area contributed by atoms with Crippen molar-refractivity contribution in [2.24, 2.45) is 28.4 Å². The van der Waals surface area contributed by atoms with E-state index < -0.39 is 42.9 Å². The Hall–Kier alpha value is -1.59. The highest BCUT2D eigenvalue weighted by Crippen LogP contribution is 2.70. The first-order valence-corrected chi connectivity index (χ1v) is 14.6. The number of ether oxygens (including phenoxy) is 2. The quantitative estimate of drug-likeness (QED) is 0.357. The molecule has 0 radical (unpaired) electrons. The highest BCUT2D eigenvalue weighted by Gasteiger charge is 2.66. The maximum absolute atomic E-state index is 12.4. The molecule has 3 saturated carbocycles. The van der Waals surface area contributed by atoms with Gasteiger partial charge in [-0.05, 0) is 86.2 Å². The van der Waals surface area contributed by atoms with Gasteiger partial charge in [0.25, 0.3) is 0 Å². The number of allylic oxidation sites excluding steroid dienone is 1. The third-order valence-electron chi connectivity index (χ3n) is 11.6. The fourth-order valence-corrected chi connectivity index (χ4v) is 9.27. The Morgan fingerprint density at radius 2 is 1.85 bits per heavy atom. The predicted octanol–water partition coefficient (Wildman–Crippen LogP) is 1.95. The minimum absolute atomic E-state index is 0.0314. The molecule has 216 valence electrons. The molecule has 0 amide bonds. The highest BCUT2D eigenvalue weighted by atomic mass is 16.7. The van der Waals surface area contributed by atoms with Gasteiger partial charge in [-0.25, -0.2) is 4.79 Å². The summed E-state index contributed by atoms with van der Waals surface area (Å²) in [6, 6.07) is 2.44. The molecule has 1 aromatic rings. The van der Waals surface area contributed by atoms with Crippen molar-refractivity contribution in [3.05, 3.63) is 46.0 Å². The van der Waals surface area contributed by atoms with Crippen molar-refractivity contribution in [2.45, 2.75) is 113 Å². The first kappa shape index (κ1) is 27.6. The minimum Gasteiger partial charge on any atom is -0.431 e. The molecule has 5 aliphatic rings. The Bertz CT molecular complexity index is 1150. The van der Waals surface area contributed by atoms with Gasteiger partial charge in [0.1, 0.15) is 18.3 Å². The van der Waals surface area contributed by atoms with Gasteiger partial charge in [-0.15, -0.1) is 0 Å². The van der Waals surface area contributed by atoms with Crippen molar-refractivity contribution in [1.29, 1.82) is 0 Å². The molecule has 39 heavy (non-hydrogen) atoms. The molecule has 0 aromatic carbocycles. The van der Waals surface area contributed by atoms with E-state index in [-0.39, 0.29) is 34.4 Å². The smallest absolute Gasteiger partial charge is 0.335 e. The molecule has 4 aliphatic carbocycles. The fraction of sp³-hybridized carbons (Fsp3) is 0.767. The molecule has 6 N–H and O–H groups in total. The van der Waals surface area contributed by atoms with Crippen LogP contribution >= 0.6 is 0 Å². The molecule has 1 saturated heterocycles. The fourth-order valence-electron chi connectivity index (χ4n) is 9.27. The van der Waals surface area contributed by atoms with Crippen molar-refractivity contribution in [3.8, 4) is 0 Å². The summed E-state index contributed by atoms with van der Waals surface area (Å²) in [4.78, 5) is 11.6. The molecular weight excluding hydrogens is 502 g/mol. The molecular formula is C30H43NO8. The number of fused-ring (bicyclic) bond motifs is 5. The third kappa shape index (κ3) is 4.11. The van der Waals surface area contributed by atoms with Gasteiger partial charge in [0.05, 0.1) is 30.6 Å². The van der Waals surface area contributed by atoms with E-state index in [2.05, 4.69) is 19.9 Å². The lowest BCUT2D eigenvalue weighted by atomic mass is 9.45. The standard InChI is InChI=1S/C30H43NO8/c1-28-10-7-18(38-27-24(31)26(35)25(34)22(14-32)39-27)13-17(28)4-5-21-20(28)8-11-29(2)19(9-12-30(21,29)36)16-3-6-23(33)37-15-16/h3,6,13,15,18-22,24-27,32,34-36H,4-5,7-12,14,31H2,1-2H3/t18-,19+,20?,21?,22?,24-,25+,26?,27+,28-,29+,30-/m0/s1. The van der Waals surface area contributed by atoms with Crippen LogP contribution in [0, 0.1) is 22.7 Å². The second kappa shape index (κ2) is 9.76. The molecule has 1 aromatic heterocycles. The van der Waals surface area contributed by atoms with Gasteiger partial charge in [0.2, 0.25) is 0 Å². The van der Waals surface area contributed by atoms with Crippen molar-refractivity contribution in [1.82, 2.24) is 0 Å². The van der Waals surface area contributed by atoms with Gasteiger partial charge >= 0.3 is 5.63 Å². The first-order valence-electron chi connectivity index (χ1n) is 14.6. The largest absolute Gasteiger partial charge is 0.431 e. The average Bonchev–Trinajstić information content (AvgIpc) is 3.20. The van der Waals surface area contributed by atoms with Crippen LogP contribution in [0.15, 0.2) is 39.3 Å². The second-order valence-corrected chi connectivity index (χ2v) is 13.2. The Balaban J connectivity index is 1.21. The van der Waals surface area contributed by atoms with Crippen LogP contribution in [0.1, 0.15) is 76.7 Å². The van der Waals surface area contributed by atoms with Gasteiger partial charge < -0.3 is 40.1 Å². The van der Waals surface area contributed by atoms with E-state index in [0.717, 1.165) is 56.9 Å². The van der Waals surface area contributed by atoms with Gasteiger partial charge in [0, 0.05) is 11.5 Å². The predicted molar refractivity (Wildman–Crippen MR) is 141 cm³/mol. The van der Waals surface area contributed by atoms with E-state index in [9.17, 15) is 25.2 Å². The number of aliphatic hydroxyl groups excluding tert-OH is 3. The van der Waals surface area contributed by atoms with Crippen LogP contribution < -0.4 is 11.4 Å². The van der Waals surface area contributed by atoms with E-state index in [0.29, 0.717) is 5.92 Å². The zero-order valence-corrected chi connectivity index (χ0v) is 22.9. The van der Waals surface area contributed by atoms with Gasteiger partial charge in [-0.3, -0.25) is 0 Å². The van der Waals surface area contributed by atoms with E-state index >= 15 is 0 Å². The lowest BCUT2D eigenvalue weighted by Gasteiger charge is -2.62. The summed E-state index contributed by atoms with van der Waals surface area (Å²) in [6.45, 7) is 4.16. The number of aliphatic hydroxyl groups is 4. The zero-order valence-electron chi connectivity index (χ0n) is 22.9. The number of hydrogen-bond donors (Lipinski definition) is 5. The van der Waals surface area contributed by atoms with E-state index in [4.69, 9.17) is 19.6 Å². The summed E-state index contributed by atoms with van der Waals surface area (Å²) >= 11 is 0. The Kier molecular flexibility index (Phi) is 6.90. The molecule has 2 heterocycles. The van der Waals surface area contributed by atoms with Crippen LogP contribution in [0.5, 0.6) is 0 Å². The SMILES string of the molecule is C[C@]12CC[C@H](O[C@@H]3OC(CO)[C@@H](O)C(O)[C@@H]3N)C=C1CCC1C2CC[C@]2(C)[C@@H](c3ccc(=O)oc3)CC[C@]12O. The van der Waals surface area contributed by atoms with Crippen molar-refractivity contribution in [3.63, 3.8) is 0 Å². The van der Waals surface area contributed by atoms with E-state index in [1.165, 1.54) is 11.6 Å². The van der Waals surface area contributed by atoms with Gasteiger partial charge in [-0.2, -0.15) is 0 Å². The first-order chi connectivity index (χ1) is 18.5. The highest BCUT2D eigenvalue weighted by molar-refractivity contribution is 5.31.